The van der Waals surface area contributed by atoms with Gasteiger partial charge >= 0.3 is 57.5 Å². The molecule has 2 aromatic rings. The summed E-state index contributed by atoms with van der Waals surface area (Å²) >= 11 is 0. The number of ether oxygens (including phenoxy) is 3. The largest absolute Gasteiger partial charge is 1.00 e. The fraction of sp³-hybridized carbons (Fsp3) is 0.615. The molecule has 16 heteroatoms. The van der Waals surface area contributed by atoms with E-state index >= 15 is 0 Å². The maximum atomic E-state index is 14.6. The van der Waals surface area contributed by atoms with Crippen molar-refractivity contribution in [3.05, 3.63) is 47.3 Å². The molecule has 1 aromatic heterocycles. The number of methoxy groups -OCH3 is 1. The fourth-order valence-electron chi connectivity index (χ4n) is 7.74. The van der Waals surface area contributed by atoms with Crippen LogP contribution in [0.4, 0.5) is 4.79 Å². The van der Waals surface area contributed by atoms with Crippen LogP contribution >= 0.6 is 0 Å². The Labute approximate surface area is 365 Å². The van der Waals surface area contributed by atoms with E-state index in [2.05, 4.69) is 21.9 Å². The van der Waals surface area contributed by atoms with E-state index in [1.165, 1.54) is 11.0 Å². The van der Waals surface area contributed by atoms with E-state index in [1.54, 1.807) is 7.11 Å². The van der Waals surface area contributed by atoms with Crippen LogP contribution in [0.15, 0.2) is 36.9 Å². The first-order valence-electron chi connectivity index (χ1n) is 19.0. The van der Waals surface area contributed by atoms with Crippen LogP contribution in [0.1, 0.15) is 84.3 Å². The summed E-state index contributed by atoms with van der Waals surface area (Å²) in [5.41, 5.74) is -0.831. The maximum Gasteiger partial charge on any atom is 1.00 e. The molecule has 5 aliphatic rings. The molecule has 0 radical (unpaired) electrons. The number of aromatic nitrogens is 1. The van der Waals surface area contributed by atoms with Crippen LogP contribution in [0.5, 0.6) is 11.5 Å². The zero-order valence-corrected chi connectivity index (χ0v) is 36.3. The minimum absolute atomic E-state index is 0. The summed E-state index contributed by atoms with van der Waals surface area (Å²) in [6, 6.07) is 5.34. The van der Waals surface area contributed by atoms with Gasteiger partial charge in [-0.2, -0.15) is 0 Å². The summed E-state index contributed by atoms with van der Waals surface area (Å²) in [4.78, 5) is 62.0. The van der Waals surface area contributed by atoms with Crippen LogP contribution in [0, 0.1) is 17.3 Å². The van der Waals surface area contributed by atoms with E-state index in [9.17, 15) is 27.6 Å². The molecule has 0 unspecified atom stereocenters. The summed E-state index contributed by atoms with van der Waals surface area (Å²) in [6.07, 6.45) is 6.10. The first-order valence-corrected chi connectivity index (χ1v) is 20.5. The predicted molar refractivity (Wildman–Crippen MR) is 199 cm³/mol. The van der Waals surface area contributed by atoms with Crippen LogP contribution in [-0.4, -0.2) is 90.9 Å². The van der Waals surface area contributed by atoms with Gasteiger partial charge in [-0.25, -0.2) is 18.2 Å². The Hall–Kier alpha value is -2.76. The number of sulfonamides is 1. The second-order valence-corrected chi connectivity index (χ2v) is 18.5. The molecule has 2 bridgehead atoms. The predicted octanol–water partition coefficient (Wildman–Crippen LogP) is 1.70. The van der Waals surface area contributed by atoms with Crippen molar-refractivity contribution in [1.29, 1.82) is 0 Å². The van der Waals surface area contributed by atoms with Crippen molar-refractivity contribution in [2.45, 2.75) is 120 Å². The average molecular weight is 804 g/mol. The summed E-state index contributed by atoms with van der Waals surface area (Å²) in [6.45, 7) is 9.22. The van der Waals surface area contributed by atoms with Gasteiger partial charge in [-0.05, 0) is 80.5 Å². The van der Waals surface area contributed by atoms with Crippen LogP contribution < -0.4 is 71.5 Å². The number of fused-ring (bicyclic) bond motifs is 5. The molecule has 2 aliphatic heterocycles. The molecule has 7 atom stereocenters. The number of amides is 4. The molecule has 292 valence electrons. The minimum atomic E-state index is -4.02. The van der Waals surface area contributed by atoms with Crippen molar-refractivity contribution < 1.29 is 93.2 Å². The van der Waals surface area contributed by atoms with Crippen molar-refractivity contribution in [1.82, 2.24) is 20.5 Å². The van der Waals surface area contributed by atoms with Gasteiger partial charge in [0.1, 0.15) is 35.8 Å². The van der Waals surface area contributed by atoms with Gasteiger partial charge in [-0.3, -0.25) is 9.59 Å². The van der Waals surface area contributed by atoms with Gasteiger partial charge in [0.05, 0.1) is 46.3 Å². The summed E-state index contributed by atoms with van der Waals surface area (Å²) in [5.74, 6) is -1.20. The standard InChI is InChI=1S/C39H51N5O9S.K/c1-6-24-20-39(24,36(47)43-54(49,50)27-13-14-27)42-34(45)30-19-26-21-44(30)35(46)33(38(2,3)4)41-37(48)53-31-17-22(31)10-8-7-9-11-29-32(52-26)18-23-16-25(51-5)12-15-28(23)40-29;/h6,12,15-16,18,22,24,26-27,30-31,33H,1,7-11,13-14,17,19-21H2,2-5H3,(H3,41,42,43,45,47,48);/q;+1/p-1/t22-,24-,26-,30+,31-,33-,39-;/m1./s1. The average Bonchev–Trinajstić information content (AvgIpc) is 4.04. The maximum absolute atomic E-state index is 14.6. The number of carbonyl (C=O) groups excluding carboxylic acids is 4. The molecule has 3 aliphatic carbocycles. The van der Waals surface area contributed by atoms with Crippen molar-refractivity contribution in [2.24, 2.45) is 17.3 Å². The van der Waals surface area contributed by atoms with Crippen molar-refractivity contribution in [3.8, 4) is 11.5 Å². The third-order valence-electron chi connectivity index (χ3n) is 11.4. The van der Waals surface area contributed by atoms with Gasteiger partial charge in [0.2, 0.25) is 11.8 Å². The van der Waals surface area contributed by atoms with Gasteiger partial charge in [-0.15, -0.1) is 6.58 Å². The third-order valence-corrected chi connectivity index (χ3v) is 13.1. The number of alkyl carbamates (subject to hydrolysis) is 1. The Morgan fingerprint density at radius 2 is 1.87 bits per heavy atom. The van der Waals surface area contributed by atoms with Gasteiger partial charge in [0, 0.05) is 23.0 Å². The minimum Gasteiger partial charge on any atom is -0.544 e. The topological polar surface area (TPSA) is 184 Å². The van der Waals surface area contributed by atoms with Crippen molar-refractivity contribution in [3.63, 3.8) is 0 Å². The molecular weight excluding hydrogens is 754 g/mol. The number of rotatable bonds is 7. The Bertz CT molecular complexity index is 1970. The third kappa shape index (κ3) is 9.19. The molecule has 3 saturated carbocycles. The van der Waals surface area contributed by atoms with Crippen LogP contribution in [0.3, 0.4) is 0 Å². The molecule has 3 heterocycles. The molecule has 4 fully saturated rings. The monoisotopic (exact) mass is 803 g/mol. The van der Waals surface area contributed by atoms with Gasteiger partial charge in [-0.1, -0.05) is 39.7 Å². The number of aryl methyl sites for hydroxylation is 1. The molecular formula is C39H50KN5O9S. The van der Waals surface area contributed by atoms with E-state index in [-0.39, 0.29) is 82.8 Å². The zero-order valence-electron chi connectivity index (χ0n) is 32.3. The van der Waals surface area contributed by atoms with Gasteiger partial charge in [0.15, 0.2) is 0 Å². The Morgan fingerprint density at radius 3 is 2.55 bits per heavy atom. The van der Waals surface area contributed by atoms with Gasteiger partial charge in [0.25, 0.3) is 0 Å². The van der Waals surface area contributed by atoms with Crippen molar-refractivity contribution in [2.75, 3.05) is 13.7 Å². The summed E-state index contributed by atoms with van der Waals surface area (Å²) < 4.78 is 46.8. The number of hydrogen-bond acceptors (Lipinski definition) is 10. The van der Waals surface area contributed by atoms with Crippen molar-refractivity contribution >= 4 is 44.7 Å². The number of carbonyl (C=O) groups is 4. The second-order valence-electron chi connectivity index (χ2n) is 16.6. The SMILES string of the molecule is C=C[C@@H]1C[C@]1(NC(=O)[C@@H]1C[C@@H]2CN1C(=O)[C@H](C(C)(C)C)NC(=O)O[C@@H]1C[C@H]1CCCCCc1nc3ccc(OC)cc3cc1O2)C(=O)[N-]S(=O)(=O)C1CC1.[K+]. The Morgan fingerprint density at radius 1 is 1.11 bits per heavy atom. The van der Waals surface area contributed by atoms with E-state index in [0.717, 1.165) is 48.7 Å². The number of benzene rings is 1. The number of nitrogens with one attached hydrogen (secondary N) is 2. The first kappa shape index (κ1) is 41.9. The molecule has 4 amide bonds. The second kappa shape index (κ2) is 16.2. The first-order chi connectivity index (χ1) is 25.6. The normalized spacial score (nSPS) is 29.7. The van der Waals surface area contributed by atoms with Crippen LogP contribution in [0.2, 0.25) is 0 Å². The Balaban J connectivity index is 0.00000514. The summed E-state index contributed by atoms with van der Waals surface area (Å²) in [5, 5.41) is 5.71. The molecule has 1 aromatic carbocycles. The zero-order chi connectivity index (χ0) is 38.6. The van der Waals surface area contributed by atoms with Gasteiger partial charge < -0.3 is 39.3 Å². The number of nitrogens with zero attached hydrogens (tertiary/aromatic N) is 3. The Kier molecular flexibility index (Phi) is 12.4. The molecule has 55 heavy (non-hydrogen) atoms. The molecule has 1 saturated heterocycles. The smallest absolute Gasteiger partial charge is 0.544 e. The van der Waals surface area contributed by atoms with Crippen LogP contribution in [0.25, 0.3) is 15.6 Å². The quantitative estimate of drug-likeness (QED) is 0.309. The molecule has 2 N–H and O–H groups in total. The molecule has 0 spiro atoms. The van der Waals surface area contributed by atoms with E-state index in [0.29, 0.717) is 30.8 Å². The molecule has 7 rings (SSSR count). The van der Waals surface area contributed by atoms with Crippen LogP contribution in [-0.2, 0) is 35.6 Å². The van der Waals surface area contributed by atoms with E-state index in [4.69, 9.17) is 19.2 Å². The van der Waals surface area contributed by atoms with E-state index in [1.807, 2.05) is 45.0 Å². The van der Waals surface area contributed by atoms with E-state index < -0.39 is 74.1 Å². The number of pyridine rings is 1. The number of hydrogen-bond donors (Lipinski definition) is 2. The summed E-state index contributed by atoms with van der Waals surface area (Å²) in [7, 11) is -2.43. The molecule has 14 nitrogen and oxygen atoms in total. The fourth-order valence-corrected chi connectivity index (χ4v) is 9.02.